The van der Waals surface area contributed by atoms with Crippen LogP contribution >= 0.6 is 24.0 Å². The van der Waals surface area contributed by atoms with Crippen LogP contribution < -0.4 is 5.32 Å². The smallest absolute Gasteiger partial charge is 0.243 e. The first kappa shape index (κ1) is 26.3. The average molecular weight is 565 g/mol. The van der Waals surface area contributed by atoms with E-state index in [1.165, 1.54) is 0 Å². The van der Waals surface area contributed by atoms with Gasteiger partial charge >= 0.3 is 0 Å². The van der Waals surface area contributed by atoms with Crippen LogP contribution in [0.25, 0.3) is 0 Å². The lowest BCUT2D eigenvalue weighted by Crippen LogP contribution is -2.39. The Morgan fingerprint density at radius 3 is 2.61 bits per heavy atom. The Balaban J connectivity index is 0.00000341. The number of hydrogen-bond donors (Lipinski definition) is 1. The first-order chi connectivity index (χ1) is 14.5. The Labute approximate surface area is 204 Å². The number of hydrogen-bond acceptors (Lipinski definition) is 4. The highest BCUT2D eigenvalue weighted by Gasteiger charge is 2.26. The number of aliphatic imine (C=N–C) groups is 1. The summed E-state index contributed by atoms with van der Waals surface area (Å²) in [7, 11) is 0.418. The Hall–Kier alpha value is -0.910. The molecule has 2 aliphatic rings. The molecular formula is C22H37IN4O3S. The molecule has 0 aliphatic carbocycles. The van der Waals surface area contributed by atoms with Gasteiger partial charge in [-0.1, -0.05) is 18.6 Å². The number of nitrogens with one attached hydrogen (secondary N) is 1. The zero-order chi connectivity index (χ0) is 21.4. The first-order valence-electron chi connectivity index (χ1n) is 11.1. The molecule has 0 radical (unpaired) electrons. The second-order valence-corrected chi connectivity index (χ2v) is 10.2. The van der Waals surface area contributed by atoms with Crippen LogP contribution in [0.3, 0.4) is 0 Å². The minimum atomic E-state index is -3.41. The lowest BCUT2D eigenvalue weighted by Gasteiger charge is -2.27. The van der Waals surface area contributed by atoms with Gasteiger partial charge in [0.05, 0.1) is 4.90 Å². The predicted molar refractivity (Wildman–Crippen MR) is 135 cm³/mol. The van der Waals surface area contributed by atoms with E-state index < -0.39 is 10.0 Å². The summed E-state index contributed by atoms with van der Waals surface area (Å²) in [5.41, 5.74) is 0.937. The topological polar surface area (TPSA) is 74.2 Å². The maximum absolute atomic E-state index is 12.9. The minimum absolute atomic E-state index is 0. The van der Waals surface area contributed by atoms with Crippen LogP contribution in [0, 0.1) is 5.92 Å². The molecule has 0 saturated carbocycles. The molecule has 0 amide bonds. The van der Waals surface area contributed by atoms with Gasteiger partial charge in [0.1, 0.15) is 0 Å². The molecule has 2 aliphatic heterocycles. The molecule has 0 unspecified atom stereocenters. The molecule has 2 heterocycles. The highest BCUT2D eigenvalue weighted by atomic mass is 127. The van der Waals surface area contributed by atoms with Gasteiger partial charge in [-0.25, -0.2) is 8.42 Å². The molecule has 1 N–H and O–H groups in total. The Kier molecular flexibility index (Phi) is 11.0. The summed E-state index contributed by atoms with van der Waals surface area (Å²) in [5.74, 6) is 1.54. The number of nitrogens with zero attached hydrogens (tertiary/aromatic N) is 3. The Morgan fingerprint density at radius 1 is 1.23 bits per heavy atom. The summed E-state index contributed by atoms with van der Waals surface area (Å²) in [6.45, 7) is 4.46. The molecule has 9 heteroatoms. The van der Waals surface area contributed by atoms with Gasteiger partial charge in [0.2, 0.25) is 10.0 Å². The monoisotopic (exact) mass is 564 g/mol. The summed E-state index contributed by atoms with van der Waals surface area (Å²) in [4.78, 5) is 6.92. The van der Waals surface area contributed by atoms with E-state index in [-0.39, 0.29) is 24.0 Å². The molecule has 0 spiro atoms. The number of halogens is 1. The van der Waals surface area contributed by atoms with E-state index in [1.54, 1.807) is 23.5 Å². The van der Waals surface area contributed by atoms with Gasteiger partial charge in [-0.3, -0.25) is 4.99 Å². The van der Waals surface area contributed by atoms with Gasteiger partial charge in [0, 0.05) is 53.5 Å². The second kappa shape index (κ2) is 13.0. The van der Waals surface area contributed by atoms with E-state index in [4.69, 9.17) is 4.74 Å². The summed E-state index contributed by atoms with van der Waals surface area (Å²) >= 11 is 0. The SMILES string of the molecule is CN=C(NCc1cccc(S(=O)(=O)N2CCCCC2)c1)N(C)CCC1CCOCC1.I. The van der Waals surface area contributed by atoms with Crippen molar-refractivity contribution in [2.45, 2.75) is 50.0 Å². The molecule has 0 atom stereocenters. The number of sulfonamides is 1. The third kappa shape index (κ3) is 7.57. The first-order valence-corrected chi connectivity index (χ1v) is 12.5. The van der Waals surface area contributed by atoms with E-state index in [0.717, 1.165) is 75.7 Å². The third-order valence-electron chi connectivity index (χ3n) is 6.09. The van der Waals surface area contributed by atoms with E-state index in [2.05, 4.69) is 15.2 Å². The van der Waals surface area contributed by atoms with E-state index in [9.17, 15) is 8.42 Å². The molecule has 31 heavy (non-hydrogen) atoms. The molecule has 0 aromatic heterocycles. The highest BCUT2D eigenvalue weighted by molar-refractivity contribution is 14.0. The zero-order valence-corrected chi connectivity index (χ0v) is 21.9. The van der Waals surface area contributed by atoms with Gasteiger partial charge in [0.25, 0.3) is 0 Å². The molecular weight excluding hydrogens is 527 g/mol. The lowest BCUT2D eigenvalue weighted by molar-refractivity contribution is 0.0625. The van der Waals surface area contributed by atoms with Crippen molar-refractivity contribution < 1.29 is 13.2 Å². The Morgan fingerprint density at radius 2 is 1.94 bits per heavy atom. The van der Waals surface area contributed by atoms with E-state index in [1.807, 2.05) is 19.2 Å². The van der Waals surface area contributed by atoms with Crippen LogP contribution in [0.15, 0.2) is 34.2 Å². The van der Waals surface area contributed by atoms with Gasteiger partial charge in [-0.2, -0.15) is 4.31 Å². The van der Waals surface area contributed by atoms with Gasteiger partial charge < -0.3 is 15.0 Å². The number of ether oxygens (including phenoxy) is 1. The summed E-state index contributed by atoms with van der Waals surface area (Å²) in [6, 6.07) is 7.26. The molecule has 2 saturated heterocycles. The van der Waals surface area contributed by atoms with Gasteiger partial charge in [0.15, 0.2) is 5.96 Å². The molecule has 7 nitrogen and oxygen atoms in total. The van der Waals surface area contributed by atoms with Crippen LogP contribution in [0.4, 0.5) is 0 Å². The van der Waals surface area contributed by atoms with Crippen molar-refractivity contribution in [2.75, 3.05) is 46.9 Å². The predicted octanol–water partition coefficient (Wildman–Crippen LogP) is 3.30. The van der Waals surface area contributed by atoms with Crippen LogP contribution in [-0.2, 0) is 21.3 Å². The van der Waals surface area contributed by atoms with Crippen LogP contribution in [0.2, 0.25) is 0 Å². The fourth-order valence-corrected chi connectivity index (χ4v) is 5.74. The van der Waals surface area contributed by atoms with Crippen LogP contribution in [-0.4, -0.2) is 70.5 Å². The molecule has 2 fully saturated rings. The number of benzene rings is 1. The number of rotatable bonds is 7. The average Bonchev–Trinajstić information content (AvgIpc) is 2.79. The molecule has 3 rings (SSSR count). The molecule has 0 bridgehead atoms. The van der Waals surface area contributed by atoms with Crippen molar-refractivity contribution in [3.63, 3.8) is 0 Å². The normalized spacial score (nSPS) is 19.0. The minimum Gasteiger partial charge on any atom is -0.381 e. The summed E-state index contributed by atoms with van der Waals surface area (Å²) < 4.78 is 32.9. The van der Waals surface area contributed by atoms with E-state index in [0.29, 0.717) is 24.5 Å². The summed E-state index contributed by atoms with van der Waals surface area (Å²) in [5, 5.41) is 3.37. The van der Waals surface area contributed by atoms with Crippen molar-refractivity contribution in [1.82, 2.24) is 14.5 Å². The fraction of sp³-hybridized carbons (Fsp3) is 0.682. The van der Waals surface area contributed by atoms with Crippen LogP contribution in [0.5, 0.6) is 0 Å². The lowest BCUT2D eigenvalue weighted by atomic mass is 9.96. The summed E-state index contributed by atoms with van der Waals surface area (Å²) in [6.07, 6.45) is 6.39. The number of guanidine groups is 1. The van der Waals surface area contributed by atoms with Gasteiger partial charge in [-0.05, 0) is 55.7 Å². The third-order valence-corrected chi connectivity index (χ3v) is 7.98. The maximum atomic E-state index is 12.9. The van der Waals surface area contributed by atoms with Crippen LogP contribution in [0.1, 0.15) is 44.1 Å². The highest BCUT2D eigenvalue weighted by Crippen LogP contribution is 2.21. The van der Waals surface area contributed by atoms with Crippen molar-refractivity contribution >= 4 is 40.0 Å². The van der Waals surface area contributed by atoms with Gasteiger partial charge in [-0.15, -0.1) is 24.0 Å². The zero-order valence-electron chi connectivity index (χ0n) is 18.8. The van der Waals surface area contributed by atoms with Crippen molar-refractivity contribution in [1.29, 1.82) is 0 Å². The molecule has 1 aromatic carbocycles. The standard InChI is InChI=1S/C22H36N4O3S.HI/c1-23-22(25(2)14-9-19-10-15-29-16-11-19)24-18-20-7-6-8-21(17-20)30(27,28)26-12-4-3-5-13-26;/h6-8,17,19H,3-5,9-16,18H2,1-2H3,(H,23,24);1H. The fourth-order valence-electron chi connectivity index (χ4n) is 4.15. The van der Waals surface area contributed by atoms with E-state index >= 15 is 0 Å². The van der Waals surface area contributed by atoms with Crippen molar-refractivity contribution in [3.05, 3.63) is 29.8 Å². The largest absolute Gasteiger partial charge is 0.381 e. The molecule has 176 valence electrons. The maximum Gasteiger partial charge on any atom is 0.243 e. The Bertz CT molecular complexity index is 807. The quantitative estimate of drug-likeness (QED) is 0.313. The second-order valence-electron chi connectivity index (χ2n) is 8.28. The molecule has 1 aromatic rings. The van der Waals surface area contributed by atoms with Crippen molar-refractivity contribution in [3.8, 4) is 0 Å². The number of piperidine rings is 1. The van der Waals surface area contributed by atoms with Crippen molar-refractivity contribution in [2.24, 2.45) is 10.9 Å².